The van der Waals surface area contributed by atoms with Gasteiger partial charge in [0, 0.05) is 38.1 Å². The van der Waals surface area contributed by atoms with Crippen molar-refractivity contribution in [3.8, 4) is 0 Å². The lowest BCUT2D eigenvalue weighted by Crippen LogP contribution is -2.18. The molecule has 0 radical (unpaired) electrons. The Morgan fingerprint density at radius 3 is 2.80 bits per heavy atom. The molecule has 15 heavy (non-hydrogen) atoms. The van der Waals surface area contributed by atoms with E-state index in [1.54, 1.807) is 0 Å². The van der Waals surface area contributed by atoms with Crippen molar-refractivity contribution >= 4 is 11.5 Å². The summed E-state index contributed by atoms with van der Waals surface area (Å²) in [7, 11) is 5.65. The highest BCUT2D eigenvalue weighted by atomic mass is 15.1. The van der Waals surface area contributed by atoms with Gasteiger partial charge in [-0.15, -0.1) is 0 Å². The van der Waals surface area contributed by atoms with E-state index < -0.39 is 0 Å². The summed E-state index contributed by atoms with van der Waals surface area (Å²) in [6.07, 6.45) is 4.22. The zero-order valence-corrected chi connectivity index (χ0v) is 9.75. The number of rotatable bonds is 1. The third-order valence-electron chi connectivity index (χ3n) is 2.41. The van der Waals surface area contributed by atoms with Crippen molar-refractivity contribution in [1.29, 1.82) is 0 Å². The highest BCUT2D eigenvalue weighted by Gasteiger charge is 2.14. The predicted octanol–water partition coefficient (Wildman–Crippen LogP) is 1.08. The molecular weight excluding hydrogens is 188 g/mol. The lowest BCUT2D eigenvalue weighted by molar-refractivity contribution is 0.813. The van der Waals surface area contributed by atoms with Crippen LogP contribution in [-0.4, -0.2) is 32.7 Å². The van der Waals surface area contributed by atoms with E-state index in [0.29, 0.717) is 0 Å². The van der Waals surface area contributed by atoms with Crippen molar-refractivity contribution in [1.82, 2.24) is 4.98 Å². The van der Waals surface area contributed by atoms with Gasteiger partial charge in [0.2, 0.25) is 0 Å². The quantitative estimate of drug-likeness (QED) is 0.725. The van der Waals surface area contributed by atoms with Gasteiger partial charge in [-0.25, -0.2) is 4.98 Å². The molecule has 2 rings (SSSR count). The summed E-state index contributed by atoms with van der Waals surface area (Å²) in [5.41, 5.74) is 7.15. The van der Waals surface area contributed by atoms with Crippen LogP contribution >= 0.6 is 0 Å². The van der Waals surface area contributed by atoms with Crippen LogP contribution in [0.25, 0.3) is 0 Å². The van der Waals surface area contributed by atoms with E-state index in [-0.39, 0.29) is 0 Å². The maximum atomic E-state index is 4.50. The third-order valence-corrected chi connectivity index (χ3v) is 2.41. The molecule has 0 aromatic carbocycles. The molecule has 4 nitrogen and oxygen atoms in total. The van der Waals surface area contributed by atoms with Crippen molar-refractivity contribution in [3.63, 3.8) is 0 Å². The number of aromatic nitrogens is 1. The number of pyridine rings is 1. The zero-order valence-electron chi connectivity index (χ0n) is 9.75. The van der Waals surface area contributed by atoms with Gasteiger partial charge in [0.25, 0.3) is 0 Å². The van der Waals surface area contributed by atoms with Crippen LogP contribution in [0.3, 0.4) is 0 Å². The molecule has 3 N–H and O–H groups in total. The van der Waals surface area contributed by atoms with E-state index in [1.165, 1.54) is 24.7 Å². The maximum absolute atomic E-state index is 4.50. The van der Waals surface area contributed by atoms with Crippen LogP contribution in [-0.2, 0) is 6.42 Å². The fraction of sp³-hybridized carbons (Fsp3) is 0.545. The Labute approximate surface area is 91.5 Å². The molecule has 0 unspecified atom stereocenters. The number of hydrogen-bond acceptors (Lipinski definition) is 4. The molecule has 1 aromatic heterocycles. The van der Waals surface area contributed by atoms with Gasteiger partial charge in [0.1, 0.15) is 5.82 Å². The van der Waals surface area contributed by atoms with Crippen molar-refractivity contribution in [2.24, 2.45) is 5.73 Å². The van der Waals surface area contributed by atoms with Crippen LogP contribution in [0.1, 0.15) is 12.0 Å². The number of nitrogens with two attached hydrogens (primary N) is 1. The summed E-state index contributed by atoms with van der Waals surface area (Å²) in [6.45, 7) is 1.05. The third kappa shape index (κ3) is 2.59. The second kappa shape index (κ2) is 5.56. The molecule has 2 heterocycles. The van der Waals surface area contributed by atoms with E-state index in [2.05, 4.69) is 41.1 Å². The van der Waals surface area contributed by atoms with E-state index in [9.17, 15) is 0 Å². The summed E-state index contributed by atoms with van der Waals surface area (Å²) in [4.78, 5) is 6.47. The topological polar surface area (TPSA) is 54.2 Å². The molecule has 1 aliphatic rings. The molecule has 0 saturated heterocycles. The highest BCUT2D eigenvalue weighted by Crippen LogP contribution is 2.28. The van der Waals surface area contributed by atoms with Gasteiger partial charge in [-0.2, -0.15) is 0 Å². The predicted molar refractivity (Wildman–Crippen MR) is 65.5 cm³/mol. The number of hydrogen-bond donors (Lipinski definition) is 2. The maximum Gasteiger partial charge on any atom is 0.131 e. The first kappa shape index (κ1) is 11.8. The van der Waals surface area contributed by atoms with E-state index in [0.717, 1.165) is 18.8 Å². The Kier molecular flexibility index (Phi) is 4.37. The first-order chi connectivity index (χ1) is 7.29. The first-order valence-electron chi connectivity index (χ1n) is 5.26. The van der Waals surface area contributed by atoms with Gasteiger partial charge >= 0.3 is 0 Å². The van der Waals surface area contributed by atoms with Crippen LogP contribution < -0.4 is 16.0 Å². The van der Waals surface area contributed by atoms with Crippen LogP contribution in [0, 0.1) is 0 Å². The number of fused-ring (bicyclic) bond motifs is 1. The summed E-state index contributed by atoms with van der Waals surface area (Å²) < 4.78 is 0. The van der Waals surface area contributed by atoms with Crippen molar-refractivity contribution in [3.05, 3.63) is 17.8 Å². The fourth-order valence-electron chi connectivity index (χ4n) is 1.77. The molecule has 0 amide bonds. The fourth-order valence-corrected chi connectivity index (χ4v) is 1.77. The smallest absolute Gasteiger partial charge is 0.131 e. The summed E-state index contributed by atoms with van der Waals surface area (Å²) in [5, 5.41) is 3.32. The molecule has 1 aromatic rings. The molecule has 4 heteroatoms. The number of nitrogens with zero attached hydrogens (tertiary/aromatic N) is 2. The molecule has 0 saturated carbocycles. The average molecular weight is 208 g/mol. The molecular formula is C11H20N4. The largest absolute Gasteiger partial charge is 0.377 e. The van der Waals surface area contributed by atoms with Gasteiger partial charge in [0.15, 0.2) is 0 Å². The van der Waals surface area contributed by atoms with Crippen molar-refractivity contribution < 1.29 is 0 Å². The Hall–Kier alpha value is -1.29. The first-order valence-corrected chi connectivity index (χ1v) is 5.26. The number of anilines is 2. The van der Waals surface area contributed by atoms with Gasteiger partial charge in [-0.1, -0.05) is 0 Å². The molecule has 0 aliphatic carbocycles. The highest BCUT2D eigenvalue weighted by molar-refractivity contribution is 5.63. The average Bonchev–Trinajstić information content (AvgIpc) is 2.31. The van der Waals surface area contributed by atoms with Gasteiger partial charge < -0.3 is 16.0 Å². The molecule has 84 valence electrons. The molecule has 1 aliphatic heterocycles. The Balaban J connectivity index is 0.000000531. The zero-order chi connectivity index (χ0) is 11.3. The van der Waals surface area contributed by atoms with Crippen LogP contribution in [0.2, 0.25) is 0 Å². The van der Waals surface area contributed by atoms with E-state index in [4.69, 9.17) is 0 Å². The second-order valence-electron chi connectivity index (χ2n) is 3.58. The summed E-state index contributed by atoms with van der Waals surface area (Å²) in [5.74, 6) is 1.07. The minimum atomic E-state index is 1.05. The lowest BCUT2D eigenvalue weighted by Gasteiger charge is -2.23. The monoisotopic (exact) mass is 208 g/mol. The van der Waals surface area contributed by atoms with Gasteiger partial charge in [0.05, 0.1) is 0 Å². The van der Waals surface area contributed by atoms with Crippen LogP contribution in [0.15, 0.2) is 12.3 Å². The van der Waals surface area contributed by atoms with Crippen LogP contribution in [0.4, 0.5) is 11.5 Å². The van der Waals surface area contributed by atoms with Crippen molar-refractivity contribution in [2.45, 2.75) is 12.8 Å². The Morgan fingerprint density at radius 2 is 2.13 bits per heavy atom. The lowest BCUT2D eigenvalue weighted by atomic mass is 10.1. The normalized spacial score (nSPS) is 13.1. The summed E-state index contributed by atoms with van der Waals surface area (Å²) >= 11 is 0. The standard InChI is InChI=1S/C10H15N3.CH5N/c1-13(2)9-5-7-12-10-8(9)4-3-6-11-10;1-2/h5,7H,3-4,6H2,1-2H3,(H,11,12);2H2,1H3. The minimum absolute atomic E-state index is 1.05. The second-order valence-corrected chi connectivity index (χ2v) is 3.58. The van der Waals surface area contributed by atoms with E-state index >= 15 is 0 Å². The van der Waals surface area contributed by atoms with Gasteiger partial charge in [-0.3, -0.25) is 0 Å². The number of nitrogens with one attached hydrogen (secondary N) is 1. The Bertz CT molecular complexity index is 309. The SMILES string of the molecule is CN.CN(C)c1ccnc2c1CCCN2. The minimum Gasteiger partial charge on any atom is -0.377 e. The Morgan fingerprint density at radius 1 is 1.40 bits per heavy atom. The molecule has 0 fully saturated rings. The molecule has 0 atom stereocenters. The summed E-state index contributed by atoms with van der Waals surface area (Å²) in [6, 6.07) is 2.08. The molecule has 0 spiro atoms. The van der Waals surface area contributed by atoms with Gasteiger partial charge in [-0.05, 0) is 26.0 Å². The molecule has 0 bridgehead atoms. The van der Waals surface area contributed by atoms with Crippen molar-refractivity contribution in [2.75, 3.05) is 37.9 Å². The van der Waals surface area contributed by atoms with Crippen LogP contribution in [0.5, 0.6) is 0 Å². The van der Waals surface area contributed by atoms with E-state index in [1.807, 2.05) is 6.20 Å².